The molecule has 0 aromatic rings. The zero-order valence-electron chi connectivity index (χ0n) is 13.8. The number of nitrogens with zero attached hydrogens (tertiary/aromatic N) is 2. The first-order chi connectivity index (χ1) is 9.49. The first-order valence-corrected chi connectivity index (χ1v) is 8.61. The van der Waals surface area contributed by atoms with Crippen molar-refractivity contribution in [3.8, 4) is 0 Å². The summed E-state index contributed by atoms with van der Waals surface area (Å²) in [4.78, 5) is 5.31. The molecule has 3 fully saturated rings. The highest BCUT2D eigenvalue weighted by atomic mass is 16.5. The van der Waals surface area contributed by atoms with Crippen LogP contribution in [0.5, 0.6) is 0 Å². The number of ether oxygens (including phenoxy) is 1. The second-order valence-electron chi connectivity index (χ2n) is 7.97. The molecule has 0 aliphatic carbocycles. The van der Waals surface area contributed by atoms with Crippen LogP contribution in [0.1, 0.15) is 47.0 Å². The number of likely N-dealkylation sites (tertiary alicyclic amines) is 2. The van der Waals surface area contributed by atoms with Crippen LogP contribution >= 0.6 is 0 Å². The lowest BCUT2D eigenvalue weighted by atomic mass is 9.81. The molecule has 1 unspecified atom stereocenters. The number of hydrogen-bond acceptors (Lipinski definition) is 3. The second-order valence-corrected chi connectivity index (χ2v) is 7.97. The van der Waals surface area contributed by atoms with Crippen molar-refractivity contribution < 1.29 is 4.74 Å². The van der Waals surface area contributed by atoms with Gasteiger partial charge in [0.25, 0.3) is 0 Å². The monoisotopic (exact) mass is 280 g/mol. The molecule has 3 aliphatic rings. The Hall–Kier alpha value is -0.120. The second kappa shape index (κ2) is 5.58. The molecule has 0 saturated carbocycles. The summed E-state index contributed by atoms with van der Waals surface area (Å²) < 4.78 is 6.18. The summed E-state index contributed by atoms with van der Waals surface area (Å²) in [6.07, 6.45) is 4.00. The van der Waals surface area contributed by atoms with E-state index in [0.29, 0.717) is 6.04 Å². The third kappa shape index (κ3) is 2.77. The van der Waals surface area contributed by atoms with Crippen LogP contribution in [0, 0.1) is 11.8 Å². The van der Waals surface area contributed by atoms with E-state index in [4.69, 9.17) is 4.74 Å². The van der Waals surface area contributed by atoms with Crippen LogP contribution in [0.4, 0.5) is 0 Å². The molecule has 0 aromatic heterocycles. The molecule has 0 bridgehead atoms. The third-order valence-electron chi connectivity index (χ3n) is 5.91. The van der Waals surface area contributed by atoms with Gasteiger partial charge in [0.15, 0.2) is 0 Å². The molecule has 3 rings (SSSR count). The maximum Gasteiger partial charge on any atom is 0.0938 e. The fourth-order valence-electron chi connectivity index (χ4n) is 4.25. The molecule has 3 heteroatoms. The Morgan fingerprint density at radius 3 is 2.20 bits per heavy atom. The van der Waals surface area contributed by atoms with Crippen LogP contribution in [0.3, 0.4) is 0 Å². The summed E-state index contributed by atoms with van der Waals surface area (Å²) in [6.45, 7) is 15.3. The average molecular weight is 280 g/mol. The average Bonchev–Trinajstić information content (AvgIpc) is 2.82. The maximum absolute atomic E-state index is 6.18. The van der Waals surface area contributed by atoms with E-state index in [1.165, 1.54) is 45.4 Å². The van der Waals surface area contributed by atoms with Crippen LogP contribution in [-0.4, -0.2) is 60.3 Å². The van der Waals surface area contributed by atoms with Gasteiger partial charge in [0.05, 0.1) is 12.2 Å². The van der Waals surface area contributed by atoms with Gasteiger partial charge in [-0.1, -0.05) is 13.8 Å². The van der Waals surface area contributed by atoms with Gasteiger partial charge >= 0.3 is 0 Å². The molecule has 3 saturated heterocycles. The molecule has 20 heavy (non-hydrogen) atoms. The minimum Gasteiger partial charge on any atom is -0.372 e. The van der Waals surface area contributed by atoms with E-state index in [2.05, 4.69) is 37.5 Å². The molecule has 0 radical (unpaired) electrons. The molecule has 3 heterocycles. The van der Waals surface area contributed by atoms with Gasteiger partial charge in [-0.3, -0.25) is 4.90 Å². The minimum absolute atomic E-state index is 0.240. The molecule has 1 atom stereocenters. The van der Waals surface area contributed by atoms with Crippen LogP contribution in [0.25, 0.3) is 0 Å². The molecule has 116 valence electrons. The van der Waals surface area contributed by atoms with Crippen LogP contribution in [0.2, 0.25) is 0 Å². The smallest absolute Gasteiger partial charge is 0.0938 e. The van der Waals surface area contributed by atoms with E-state index in [0.717, 1.165) is 24.5 Å². The highest BCUT2D eigenvalue weighted by Gasteiger charge is 2.51. The fraction of sp³-hybridized carbons (Fsp3) is 1.00. The predicted octanol–water partition coefficient (Wildman–Crippen LogP) is 2.61. The molecule has 1 spiro atoms. The van der Waals surface area contributed by atoms with Crippen molar-refractivity contribution in [3.05, 3.63) is 0 Å². The van der Waals surface area contributed by atoms with Gasteiger partial charge in [-0.2, -0.15) is 0 Å². The summed E-state index contributed by atoms with van der Waals surface area (Å²) in [5.41, 5.74) is 0.240. The summed E-state index contributed by atoms with van der Waals surface area (Å²) in [7, 11) is 0. The Balaban J connectivity index is 1.45. The summed E-state index contributed by atoms with van der Waals surface area (Å²) >= 11 is 0. The number of rotatable bonds is 3. The lowest BCUT2D eigenvalue weighted by Gasteiger charge is -2.52. The Kier molecular flexibility index (Phi) is 4.13. The topological polar surface area (TPSA) is 15.7 Å². The van der Waals surface area contributed by atoms with E-state index in [1.807, 2.05) is 0 Å². The van der Waals surface area contributed by atoms with Gasteiger partial charge in [-0.25, -0.2) is 0 Å². The third-order valence-corrected chi connectivity index (χ3v) is 5.91. The van der Waals surface area contributed by atoms with Crippen molar-refractivity contribution in [1.29, 1.82) is 0 Å². The van der Waals surface area contributed by atoms with Crippen LogP contribution in [-0.2, 0) is 4.74 Å². The summed E-state index contributed by atoms with van der Waals surface area (Å²) in [5.74, 6) is 1.57. The van der Waals surface area contributed by atoms with Gasteiger partial charge in [0.2, 0.25) is 0 Å². The maximum atomic E-state index is 6.18. The van der Waals surface area contributed by atoms with Gasteiger partial charge in [-0.15, -0.1) is 0 Å². The molecular formula is C17H32N2O. The van der Waals surface area contributed by atoms with Gasteiger partial charge in [0.1, 0.15) is 0 Å². The predicted molar refractivity (Wildman–Crippen MR) is 82.9 cm³/mol. The highest BCUT2D eigenvalue weighted by molar-refractivity contribution is 5.04. The Bertz CT molecular complexity index is 328. The van der Waals surface area contributed by atoms with Gasteiger partial charge < -0.3 is 9.64 Å². The zero-order valence-corrected chi connectivity index (χ0v) is 13.8. The van der Waals surface area contributed by atoms with Crippen LogP contribution in [0.15, 0.2) is 0 Å². The molecule has 3 aliphatic heterocycles. The number of piperidine rings is 1. The lowest BCUT2D eigenvalue weighted by Crippen LogP contribution is -2.65. The minimum atomic E-state index is 0.240. The van der Waals surface area contributed by atoms with Crippen molar-refractivity contribution in [2.75, 3.05) is 32.8 Å². The summed E-state index contributed by atoms with van der Waals surface area (Å²) in [6, 6.07) is 1.53. The van der Waals surface area contributed by atoms with E-state index < -0.39 is 0 Å². The van der Waals surface area contributed by atoms with E-state index >= 15 is 0 Å². The molecular weight excluding hydrogens is 248 g/mol. The molecule has 0 aromatic carbocycles. The normalized spacial score (nSPS) is 32.4. The Labute approximate surface area is 124 Å². The Morgan fingerprint density at radius 1 is 1.05 bits per heavy atom. The van der Waals surface area contributed by atoms with E-state index in [1.54, 1.807) is 0 Å². The zero-order chi connectivity index (χ0) is 14.3. The van der Waals surface area contributed by atoms with Crippen LogP contribution < -0.4 is 0 Å². The first kappa shape index (κ1) is 14.8. The number of hydrogen-bond donors (Lipinski definition) is 0. The quantitative estimate of drug-likeness (QED) is 0.790. The molecule has 0 amide bonds. The van der Waals surface area contributed by atoms with E-state index in [9.17, 15) is 0 Å². The lowest BCUT2D eigenvalue weighted by molar-refractivity contribution is -0.132. The van der Waals surface area contributed by atoms with Gasteiger partial charge in [0, 0.05) is 25.2 Å². The van der Waals surface area contributed by atoms with E-state index in [-0.39, 0.29) is 5.60 Å². The van der Waals surface area contributed by atoms with Crippen molar-refractivity contribution in [3.63, 3.8) is 0 Å². The Morgan fingerprint density at radius 2 is 1.70 bits per heavy atom. The molecule has 3 nitrogen and oxygen atoms in total. The first-order valence-electron chi connectivity index (χ1n) is 8.61. The summed E-state index contributed by atoms with van der Waals surface area (Å²) in [5, 5.41) is 0. The van der Waals surface area contributed by atoms with Crippen molar-refractivity contribution >= 4 is 0 Å². The van der Waals surface area contributed by atoms with Crippen molar-refractivity contribution in [1.82, 2.24) is 9.80 Å². The van der Waals surface area contributed by atoms with Crippen molar-refractivity contribution in [2.45, 2.75) is 64.6 Å². The highest BCUT2D eigenvalue weighted by Crippen LogP contribution is 2.42. The largest absolute Gasteiger partial charge is 0.372 e. The SMILES string of the molecule is CC(C)C1COC2(C1)CN(C1CCN(C(C)C)CC1)C2. The van der Waals surface area contributed by atoms with Crippen molar-refractivity contribution in [2.24, 2.45) is 11.8 Å². The fourth-order valence-corrected chi connectivity index (χ4v) is 4.25. The standard InChI is InChI=1S/C17H32N2O/c1-13(2)15-9-17(20-10-15)11-19(12-17)16-5-7-18(8-6-16)14(3)4/h13-16H,5-12H2,1-4H3. The van der Waals surface area contributed by atoms with Gasteiger partial charge in [-0.05, 0) is 58.0 Å². The molecule has 0 N–H and O–H groups in total.